The maximum atomic E-state index is 15.6. The van der Waals surface area contributed by atoms with E-state index in [0.717, 1.165) is 6.42 Å². The molecule has 2 N–H and O–H groups in total. The quantitative estimate of drug-likeness (QED) is 0.198. The zero-order chi connectivity index (χ0) is 34.0. The molecule has 2 aromatic carbocycles. The van der Waals surface area contributed by atoms with Crippen molar-refractivity contribution in [3.8, 4) is 28.8 Å². The smallest absolute Gasteiger partial charge is 0.264 e. The normalized spacial score (nSPS) is 17.6. The van der Waals surface area contributed by atoms with E-state index in [1.54, 1.807) is 57.1 Å². The third-order valence-electron chi connectivity index (χ3n) is 9.25. The number of hydrogen-bond acceptors (Lipinski definition) is 8. The van der Waals surface area contributed by atoms with Gasteiger partial charge in [-0.15, -0.1) is 0 Å². The highest BCUT2D eigenvalue weighted by Gasteiger charge is 2.36. The van der Waals surface area contributed by atoms with E-state index >= 15 is 4.39 Å². The van der Waals surface area contributed by atoms with Crippen LogP contribution < -0.4 is 10.5 Å². The average molecular weight is 651 g/mol. The van der Waals surface area contributed by atoms with E-state index in [2.05, 4.69) is 11.1 Å². The van der Waals surface area contributed by atoms with Crippen LogP contribution in [0, 0.1) is 17.1 Å². The zero-order valence-corrected chi connectivity index (χ0v) is 27.4. The van der Waals surface area contributed by atoms with Crippen LogP contribution in [0.3, 0.4) is 0 Å². The monoisotopic (exact) mass is 650 g/mol. The van der Waals surface area contributed by atoms with E-state index in [0.29, 0.717) is 67.2 Å². The van der Waals surface area contributed by atoms with Gasteiger partial charge in [0.25, 0.3) is 5.91 Å². The van der Waals surface area contributed by atoms with Crippen molar-refractivity contribution >= 4 is 28.5 Å². The van der Waals surface area contributed by atoms with Gasteiger partial charge >= 0.3 is 0 Å². The highest BCUT2D eigenvalue weighted by Crippen LogP contribution is 2.36. The van der Waals surface area contributed by atoms with Gasteiger partial charge in [0.2, 0.25) is 5.91 Å². The molecule has 2 amide bonds. The summed E-state index contributed by atoms with van der Waals surface area (Å²) < 4.78 is 23.2. The standard InChI is InChI=1S/C36H39FN8O3/c1-4-42-17-18-43(23-31(42)46)36(2,3)20-24(21-38)35(47)44-16-8-9-25(44)22-45-30-14-15-40-34(39)32(30)33(41-45)28-13-12-27(19-29(28)37)48-26-10-6-5-7-11-26/h5-7,10-15,19-20,25H,4,8-9,16-18,22-23H2,1-3H3,(H2,39,40)/t25-/m0/s1. The number of rotatable bonds is 9. The molecule has 0 radical (unpaired) electrons. The second-order valence-corrected chi connectivity index (χ2v) is 12.7. The minimum absolute atomic E-state index is 0.0349. The van der Waals surface area contributed by atoms with Gasteiger partial charge in [-0.2, -0.15) is 10.4 Å². The van der Waals surface area contributed by atoms with Gasteiger partial charge in [-0.25, -0.2) is 9.37 Å². The predicted octanol–water partition coefficient (Wildman–Crippen LogP) is 5.00. The number of carbonyl (C=O) groups is 2. The fourth-order valence-electron chi connectivity index (χ4n) is 6.62. The maximum absolute atomic E-state index is 15.6. The SMILES string of the molecule is CCN1CCN(C(C)(C)C=C(C#N)C(=O)N2CCC[C@H]2Cn2nc(-c3ccc(Oc4ccccc4)cc3F)c3c(N)nccc32)CC1=O. The van der Waals surface area contributed by atoms with E-state index in [1.165, 1.54) is 6.07 Å². The number of nitrogens with zero attached hydrogens (tertiary/aromatic N) is 7. The van der Waals surface area contributed by atoms with E-state index in [4.69, 9.17) is 15.6 Å². The highest BCUT2D eigenvalue weighted by molar-refractivity contribution is 6.00. The molecule has 248 valence electrons. The predicted molar refractivity (Wildman–Crippen MR) is 180 cm³/mol. The van der Waals surface area contributed by atoms with Crippen LogP contribution in [-0.2, 0) is 16.1 Å². The number of piperazine rings is 1. The molecule has 48 heavy (non-hydrogen) atoms. The van der Waals surface area contributed by atoms with Crippen molar-refractivity contribution in [2.24, 2.45) is 0 Å². The number of pyridine rings is 1. The third-order valence-corrected chi connectivity index (χ3v) is 9.25. The van der Waals surface area contributed by atoms with E-state index in [-0.39, 0.29) is 41.4 Å². The Labute approximate surface area is 279 Å². The molecular formula is C36H39FN8O3. The number of hydrogen-bond donors (Lipinski definition) is 1. The van der Waals surface area contributed by atoms with Crippen LogP contribution in [0.2, 0.25) is 0 Å². The number of fused-ring (bicyclic) bond motifs is 1. The Kier molecular flexibility index (Phi) is 9.15. The first-order chi connectivity index (χ1) is 23.1. The number of nitriles is 1. The van der Waals surface area contributed by atoms with Crippen molar-refractivity contribution in [3.05, 3.63) is 78.3 Å². The lowest BCUT2D eigenvalue weighted by molar-refractivity contribution is -0.137. The Hall–Kier alpha value is -5.28. The molecule has 4 aromatic rings. The number of aromatic nitrogens is 3. The minimum Gasteiger partial charge on any atom is -0.457 e. The third kappa shape index (κ3) is 6.46. The second kappa shape index (κ2) is 13.4. The summed E-state index contributed by atoms with van der Waals surface area (Å²) in [5.41, 5.74) is 6.93. The molecule has 12 heteroatoms. The number of halogens is 1. The number of amides is 2. The summed E-state index contributed by atoms with van der Waals surface area (Å²) in [6.07, 6.45) is 4.73. The van der Waals surface area contributed by atoms with Gasteiger partial charge in [0, 0.05) is 49.5 Å². The van der Waals surface area contributed by atoms with Crippen molar-refractivity contribution < 1.29 is 18.7 Å². The molecule has 1 atom stereocenters. The fraction of sp³-hybridized carbons (Fsp3) is 0.361. The maximum Gasteiger partial charge on any atom is 0.264 e. The number of ether oxygens (including phenoxy) is 1. The van der Waals surface area contributed by atoms with Crippen LogP contribution in [-0.4, -0.2) is 85.6 Å². The molecule has 0 saturated carbocycles. The van der Waals surface area contributed by atoms with Crippen molar-refractivity contribution in [2.75, 3.05) is 38.5 Å². The van der Waals surface area contributed by atoms with Gasteiger partial charge in [0.05, 0.1) is 30.0 Å². The molecule has 0 aliphatic carbocycles. The molecule has 11 nitrogen and oxygen atoms in total. The molecule has 2 aliphatic rings. The van der Waals surface area contributed by atoms with Crippen LogP contribution in [0.4, 0.5) is 10.2 Å². The summed E-state index contributed by atoms with van der Waals surface area (Å²) in [4.78, 5) is 36.2. The lowest BCUT2D eigenvalue weighted by atomic mass is 9.97. The Morgan fingerprint density at radius 2 is 1.94 bits per heavy atom. The summed E-state index contributed by atoms with van der Waals surface area (Å²) in [6.45, 7) is 8.74. The van der Waals surface area contributed by atoms with Gasteiger partial charge in [-0.05, 0) is 70.0 Å². The largest absolute Gasteiger partial charge is 0.457 e. The molecule has 2 aromatic heterocycles. The number of nitrogens with two attached hydrogens (primary N) is 1. The Bertz CT molecular complexity index is 1920. The number of nitrogen functional groups attached to an aromatic ring is 1. The van der Waals surface area contributed by atoms with Crippen molar-refractivity contribution in [1.29, 1.82) is 5.26 Å². The van der Waals surface area contributed by atoms with Gasteiger partial charge in [0.15, 0.2) is 0 Å². The number of benzene rings is 2. The molecule has 0 spiro atoms. The van der Waals surface area contributed by atoms with Gasteiger partial charge in [-0.1, -0.05) is 18.2 Å². The average Bonchev–Trinajstić information content (AvgIpc) is 3.69. The van der Waals surface area contributed by atoms with Gasteiger partial charge in [0.1, 0.15) is 40.5 Å². The topological polar surface area (TPSA) is 134 Å². The lowest BCUT2D eigenvalue weighted by Crippen LogP contribution is -2.56. The van der Waals surface area contributed by atoms with Crippen LogP contribution in [0.15, 0.2) is 72.4 Å². The molecule has 2 saturated heterocycles. The van der Waals surface area contributed by atoms with E-state index in [1.807, 2.05) is 43.9 Å². The number of para-hydroxylation sites is 1. The highest BCUT2D eigenvalue weighted by atomic mass is 19.1. The molecule has 2 aliphatic heterocycles. The van der Waals surface area contributed by atoms with Crippen molar-refractivity contribution in [2.45, 2.75) is 51.7 Å². The summed E-state index contributed by atoms with van der Waals surface area (Å²) in [7, 11) is 0. The van der Waals surface area contributed by atoms with Crippen molar-refractivity contribution in [1.82, 2.24) is 29.5 Å². The van der Waals surface area contributed by atoms with E-state index in [9.17, 15) is 14.9 Å². The number of carbonyl (C=O) groups excluding carboxylic acids is 2. The Morgan fingerprint density at radius 3 is 2.65 bits per heavy atom. The summed E-state index contributed by atoms with van der Waals surface area (Å²) in [5.74, 6) is 0.299. The first-order valence-corrected chi connectivity index (χ1v) is 16.2. The molecule has 2 fully saturated rings. The number of likely N-dealkylation sites (N-methyl/N-ethyl adjacent to an activating group) is 1. The summed E-state index contributed by atoms with van der Waals surface area (Å²) in [5, 5.41) is 15.4. The zero-order valence-electron chi connectivity index (χ0n) is 27.4. The van der Waals surface area contributed by atoms with Gasteiger partial charge in [-0.3, -0.25) is 19.2 Å². The fourth-order valence-corrected chi connectivity index (χ4v) is 6.62. The molecule has 0 unspecified atom stereocenters. The van der Waals surface area contributed by atoms with E-state index < -0.39 is 11.4 Å². The summed E-state index contributed by atoms with van der Waals surface area (Å²) >= 11 is 0. The molecule has 0 bridgehead atoms. The first kappa shape index (κ1) is 32.7. The van der Waals surface area contributed by atoms with Crippen LogP contribution in [0.25, 0.3) is 22.2 Å². The Balaban J connectivity index is 1.25. The van der Waals surface area contributed by atoms with Gasteiger partial charge < -0.3 is 20.3 Å². The number of likely N-dealkylation sites (tertiary alicyclic amines) is 1. The van der Waals surface area contributed by atoms with Crippen LogP contribution in [0.5, 0.6) is 11.5 Å². The van der Waals surface area contributed by atoms with Crippen LogP contribution >= 0.6 is 0 Å². The molecular weight excluding hydrogens is 611 g/mol. The molecule has 6 rings (SSSR count). The number of anilines is 1. The minimum atomic E-state index is -0.686. The lowest BCUT2D eigenvalue weighted by Gasteiger charge is -2.42. The van der Waals surface area contributed by atoms with Crippen LogP contribution in [0.1, 0.15) is 33.6 Å². The Morgan fingerprint density at radius 1 is 1.15 bits per heavy atom. The van der Waals surface area contributed by atoms with Crippen molar-refractivity contribution in [3.63, 3.8) is 0 Å². The second-order valence-electron chi connectivity index (χ2n) is 12.7. The molecule has 4 heterocycles. The first-order valence-electron chi connectivity index (χ1n) is 16.2. The summed E-state index contributed by atoms with van der Waals surface area (Å²) in [6, 6.07) is 17.4.